The molecule has 102 valence electrons. The van der Waals surface area contributed by atoms with Gasteiger partial charge in [-0.3, -0.25) is 14.9 Å². The van der Waals surface area contributed by atoms with Gasteiger partial charge in [0.25, 0.3) is 11.6 Å². The van der Waals surface area contributed by atoms with Crippen molar-refractivity contribution in [1.82, 2.24) is 0 Å². The summed E-state index contributed by atoms with van der Waals surface area (Å²) in [6.07, 6.45) is 0. The Bertz CT molecular complexity index is 686. The molecule has 0 aromatic heterocycles. The second-order valence-corrected chi connectivity index (χ2v) is 5.05. The largest absolute Gasteiger partial charge is 0.322 e. The molecule has 2 aromatic rings. The zero-order valence-corrected chi connectivity index (χ0v) is 12.2. The van der Waals surface area contributed by atoms with E-state index in [1.807, 2.05) is 25.1 Å². The summed E-state index contributed by atoms with van der Waals surface area (Å²) in [6.45, 7) is 1.87. The van der Waals surface area contributed by atoms with E-state index in [0.717, 1.165) is 5.56 Å². The first-order valence-corrected chi connectivity index (χ1v) is 6.59. The highest BCUT2D eigenvalue weighted by atomic mass is 79.9. The number of nitrogens with zero attached hydrogens (tertiary/aromatic N) is 1. The van der Waals surface area contributed by atoms with Gasteiger partial charge in [0.2, 0.25) is 0 Å². The summed E-state index contributed by atoms with van der Waals surface area (Å²) in [5.74, 6) is -0.380. The van der Waals surface area contributed by atoms with Gasteiger partial charge >= 0.3 is 0 Å². The van der Waals surface area contributed by atoms with Crippen molar-refractivity contribution < 1.29 is 9.72 Å². The highest BCUT2D eigenvalue weighted by Crippen LogP contribution is 2.26. The summed E-state index contributed by atoms with van der Waals surface area (Å²) in [5, 5.41) is 13.6. The SMILES string of the molecule is Cc1ccccc1NC(=O)c1ccc(Br)c([N+](=O)[O-])c1. The number of hydrogen-bond acceptors (Lipinski definition) is 3. The van der Waals surface area contributed by atoms with E-state index in [2.05, 4.69) is 21.2 Å². The second kappa shape index (κ2) is 5.83. The number of carbonyl (C=O) groups is 1. The number of para-hydroxylation sites is 1. The molecule has 0 aliphatic carbocycles. The highest BCUT2D eigenvalue weighted by Gasteiger charge is 2.16. The molecule has 2 aromatic carbocycles. The predicted molar refractivity (Wildman–Crippen MR) is 79.9 cm³/mol. The van der Waals surface area contributed by atoms with Crippen molar-refractivity contribution in [3.63, 3.8) is 0 Å². The molecule has 0 fully saturated rings. The van der Waals surface area contributed by atoms with E-state index in [9.17, 15) is 14.9 Å². The molecule has 0 atom stereocenters. The molecule has 5 nitrogen and oxygen atoms in total. The van der Waals surface area contributed by atoms with Gasteiger partial charge in [0.1, 0.15) is 0 Å². The zero-order valence-electron chi connectivity index (χ0n) is 10.6. The lowest BCUT2D eigenvalue weighted by atomic mass is 10.1. The first kappa shape index (κ1) is 14.2. The Hall–Kier alpha value is -2.21. The van der Waals surface area contributed by atoms with Gasteiger partial charge < -0.3 is 5.32 Å². The van der Waals surface area contributed by atoms with Crippen LogP contribution in [0.4, 0.5) is 11.4 Å². The topological polar surface area (TPSA) is 72.2 Å². The summed E-state index contributed by atoms with van der Waals surface area (Å²) in [6, 6.07) is 11.6. The normalized spacial score (nSPS) is 10.1. The Morgan fingerprint density at radius 1 is 1.25 bits per heavy atom. The first-order valence-electron chi connectivity index (χ1n) is 5.80. The first-order chi connectivity index (χ1) is 9.49. The summed E-state index contributed by atoms with van der Waals surface area (Å²) in [5.41, 5.74) is 1.71. The molecule has 6 heteroatoms. The van der Waals surface area contributed by atoms with Crippen LogP contribution in [0.15, 0.2) is 46.9 Å². The number of nitrogens with one attached hydrogen (secondary N) is 1. The summed E-state index contributed by atoms with van der Waals surface area (Å²) < 4.78 is 0.343. The van der Waals surface area contributed by atoms with Gasteiger partial charge in [-0.25, -0.2) is 0 Å². The third-order valence-corrected chi connectivity index (χ3v) is 3.47. The maximum Gasteiger partial charge on any atom is 0.284 e. The molecular weight excluding hydrogens is 324 g/mol. The molecule has 0 saturated heterocycles. The van der Waals surface area contributed by atoms with Crippen LogP contribution in [0.5, 0.6) is 0 Å². The molecule has 0 heterocycles. The van der Waals surface area contributed by atoms with Gasteiger partial charge in [-0.1, -0.05) is 18.2 Å². The van der Waals surface area contributed by atoms with Crippen molar-refractivity contribution in [2.45, 2.75) is 6.92 Å². The van der Waals surface area contributed by atoms with Crippen LogP contribution in [0, 0.1) is 17.0 Å². The smallest absolute Gasteiger partial charge is 0.284 e. The van der Waals surface area contributed by atoms with E-state index in [0.29, 0.717) is 10.2 Å². The van der Waals surface area contributed by atoms with E-state index in [1.54, 1.807) is 6.07 Å². The summed E-state index contributed by atoms with van der Waals surface area (Å²) in [4.78, 5) is 22.4. The fraction of sp³-hybridized carbons (Fsp3) is 0.0714. The fourth-order valence-corrected chi connectivity index (χ4v) is 2.09. The maximum absolute atomic E-state index is 12.1. The molecular formula is C14H11BrN2O3. The molecule has 2 rings (SSSR count). The Morgan fingerprint density at radius 3 is 2.60 bits per heavy atom. The molecule has 0 saturated carbocycles. The predicted octanol–water partition coefficient (Wildman–Crippen LogP) is 3.92. The number of rotatable bonds is 3. The van der Waals surface area contributed by atoms with Crippen LogP contribution >= 0.6 is 15.9 Å². The van der Waals surface area contributed by atoms with Gasteiger partial charge in [-0.15, -0.1) is 0 Å². The van der Waals surface area contributed by atoms with Crippen LogP contribution in [-0.2, 0) is 0 Å². The number of anilines is 1. The molecule has 1 N–H and O–H groups in total. The number of nitro benzene ring substituents is 1. The molecule has 0 radical (unpaired) electrons. The minimum atomic E-state index is -0.533. The van der Waals surface area contributed by atoms with Crippen LogP contribution in [0.3, 0.4) is 0 Å². The number of benzene rings is 2. The van der Waals surface area contributed by atoms with E-state index in [4.69, 9.17) is 0 Å². The third kappa shape index (κ3) is 3.03. The van der Waals surface area contributed by atoms with Crippen LogP contribution in [0.25, 0.3) is 0 Å². The molecule has 0 unspecified atom stereocenters. The van der Waals surface area contributed by atoms with Crippen molar-refractivity contribution in [3.8, 4) is 0 Å². The number of aryl methyl sites for hydroxylation is 1. The highest BCUT2D eigenvalue weighted by molar-refractivity contribution is 9.10. The van der Waals surface area contributed by atoms with E-state index in [-0.39, 0.29) is 17.2 Å². The number of nitro groups is 1. The van der Waals surface area contributed by atoms with Crippen LogP contribution in [0.2, 0.25) is 0 Å². The van der Waals surface area contributed by atoms with Crippen molar-refractivity contribution in [2.24, 2.45) is 0 Å². The Labute approximate surface area is 123 Å². The number of carbonyl (C=O) groups excluding carboxylic acids is 1. The number of halogens is 1. The third-order valence-electron chi connectivity index (χ3n) is 2.80. The van der Waals surface area contributed by atoms with Gasteiger partial charge in [0, 0.05) is 17.3 Å². The Morgan fingerprint density at radius 2 is 1.95 bits per heavy atom. The molecule has 0 spiro atoms. The minimum Gasteiger partial charge on any atom is -0.322 e. The average molecular weight is 335 g/mol. The van der Waals surface area contributed by atoms with Gasteiger partial charge in [-0.2, -0.15) is 0 Å². The van der Waals surface area contributed by atoms with Gasteiger partial charge in [0.05, 0.1) is 9.40 Å². The fourth-order valence-electron chi connectivity index (χ4n) is 1.70. The number of hydrogen-bond donors (Lipinski definition) is 1. The quantitative estimate of drug-likeness (QED) is 0.683. The van der Waals surface area contributed by atoms with Crippen LogP contribution < -0.4 is 5.32 Å². The van der Waals surface area contributed by atoms with E-state index >= 15 is 0 Å². The van der Waals surface area contributed by atoms with Crippen molar-refractivity contribution in [1.29, 1.82) is 0 Å². The maximum atomic E-state index is 12.1. The standard InChI is InChI=1S/C14H11BrN2O3/c1-9-4-2-3-5-12(9)16-14(18)10-6-7-11(15)13(8-10)17(19)20/h2-8H,1H3,(H,16,18). The molecule has 20 heavy (non-hydrogen) atoms. The lowest BCUT2D eigenvalue weighted by molar-refractivity contribution is -0.385. The molecule has 0 aliphatic rings. The zero-order chi connectivity index (χ0) is 14.7. The Kier molecular flexibility index (Phi) is 4.14. The minimum absolute atomic E-state index is 0.137. The number of amides is 1. The molecule has 1 amide bonds. The average Bonchev–Trinajstić information content (AvgIpc) is 2.41. The summed E-state index contributed by atoms with van der Waals surface area (Å²) in [7, 11) is 0. The molecule has 0 bridgehead atoms. The van der Waals surface area contributed by atoms with Crippen LogP contribution in [-0.4, -0.2) is 10.8 Å². The van der Waals surface area contributed by atoms with Crippen molar-refractivity contribution in [2.75, 3.05) is 5.32 Å². The van der Waals surface area contributed by atoms with E-state index < -0.39 is 4.92 Å². The van der Waals surface area contributed by atoms with Gasteiger partial charge in [-0.05, 0) is 46.6 Å². The van der Waals surface area contributed by atoms with Crippen LogP contribution in [0.1, 0.15) is 15.9 Å². The lowest BCUT2D eigenvalue weighted by Crippen LogP contribution is -2.13. The van der Waals surface area contributed by atoms with Crippen molar-refractivity contribution >= 4 is 33.2 Å². The second-order valence-electron chi connectivity index (χ2n) is 4.19. The van der Waals surface area contributed by atoms with Gasteiger partial charge in [0.15, 0.2) is 0 Å². The lowest BCUT2D eigenvalue weighted by Gasteiger charge is -2.08. The monoisotopic (exact) mass is 334 g/mol. The summed E-state index contributed by atoms with van der Waals surface area (Å²) >= 11 is 3.09. The van der Waals surface area contributed by atoms with E-state index in [1.165, 1.54) is 18.2 Å². The van der Waals surface area contributed by atoms with Crippen molar-refractivity contribution in [3.05, 3.63) is 68.2 Å². The molecule has 0 aliphatic heterocycles. The Balaban J connectivity index is 2.28.